The van der Waals surface area contributed by atoms with Crippen LogP contribution < -0.4 is 5.32 Å². The SMILES string of the molecule is O=C(CSc1nncn1-c1cccc(Cl)c1)Nc1nc(-c2ccc(F)cc2)cs1. The van der Waals surface area contributed by atoms with Gasteiger partial charge in [-0.05, 0) is 42.5 Å². The zero-order chi connectivity index (χ0) is 20.2. The van der Waals surface area contributed by atoms with Crippen molar-refractivity contribution in [1.82, 2.24) is 19.7 Å². The monoisotopic (exact) mass is 445 g/mol. The smallest absolute Gasteiger partial charge is 0.236 e. The van der Waals surface area contributed by atoms with Crippen molar-refractivity contribution in [2.45, 2.75) is 5.16 Å². The lowest BCUT2D eigenvalue weighted by molar-refractivity contribution is -0.113. The molecule has 146 valence electrons. The summed E-state index contributed by atoms with van der Waals surface area (Å²) in [6.45, 7) is 0. The average Bonchev–Trinajstić information content (AvgIpc) is 3.36. The maximum absolute atomic E-state index is 13.0. The first kappa shape index (κ1) is 19.6. The van der Waals surface area contributed by atoms with E-state index in [4.69, 9.17) is 11.6 Å². The Bertz CT molecular complexity index is 1150. The number of nitrogens with one attached hydrogen (secondary N) is 1. The Hall–Kier alpha value is -2.75. The van der Waals surface area contributed by atoms with E-state index in [9.17, 15) is 9.18 Å². The highest BCUT2D eigenvalue weighted by atomic mass is 35.5. The van der Waals surface area contributed by atoms with Crippen LogP contribution in [-0.2, 0) is 4.79 Å². The number of carbonyl (C=O) groups is 1. The predicted octanol–water partition coefficient (Wildman–Crippen LogP) is 4.91. The van der Waals surface area contributed by atoms with E-state index in [0.717, 1.165) is 11.3 Å². The van der Waals surface area contributed by atoms with Crippen molar-refractivity contribution in [3.63, 3.8) is 0 Å². The molecule has 6 nitrogen and oxygen atoms in total. The fourth-order valence-corrected chi connectivity index (χ4v) is 4.15. The minimum atomic E-state index is -0.305. The van der Waals surface area contributed by atoms with Crippen LogP contribution in [0.3, 0.4) is 0 Å². The highest BCUT2D eigenvalue weighted by molar-refractivity contribution is 7.99. The second-order valence-electron chi connectivity index (χ2n) is 5.85. The summed E-state index contributed by atoms with van der Waals surface area (Å²) in [5.74, 6) is -0.374. The Balaban J connectivity index is 1.38. The number of rotatable bonds is 6. The second-order valence-corrected chi connectivity index (χ2v) is 8.08. The van der Waals surface area contributed by atoms with Gasteiger partial charge in [0.25, 0.3) is 0 Å². The highest BCUT2D eigenvalue weighted by Crippen LogP contribution is 2.26. The van der Waals surface area contributed by atoms with Crippen molar-refractivity contribution < 1.29 is 9.18 Å². The number of hydrogen-bond acceptors (Lipinski definition) is 6. The number of anilines is 1. The summed E-state index contributed by atoms with van der Waals surface area (Å²) in [6.07, 6.45) is 1.57. The van der Waals surface area contributed by atoms with Gasteiger partial charge in [-0.15, -0.1) is 21.5 Å². The van der Waals surface area contributed by atoms with Crippen molar-refractivity contribution >= 4 is 45.7 Å². The molecule has 0 spiro atoms. The Labute approximate surface area is 178 Å². The molecule has 0 atom stereocenters. The fraction of sp³-hybridized carbons (Fsp3) is 0.0526. The second kappa shape index (κ2) is 8.73. The van der Waals surface area contributed by atoms with E-state index in [0.29, 0.717) is 21.0 Å². The van der Waals surface area contributed by atoms with Crippen LogP contribution in [0.25, 0.3) is 16.9 Å². The topological polar surface area (TPSA) is 72.7 Å². The Morgan fingerprint density at radius 2 is 2.07 bits per heavy atom. The van der Waals surface area contributed by atoms with Gasteiger partial charge in [0.15, 0.2) is 10.3 Å². The molecular weight excluding hydrogens is 433 g/mol. The lowest BCUT2D eigenvalue weighted by Crippen LogP contribution is -2.14. The molecule has 0 fully saturated rings. The van der Waals surface area contributed by atoms with Crippen LogP contribution in [0.1, 0.15) is 0 Å². The van der Waals surface area contributed by atoms with E-state index in [-0.39, 0.29) is 17.5 Å². The normalized spacial score (nSPS) is 10.8. The van der Waals surface area contributed by atoms with Crippen LogP contribution in [-0.4, -0.2) is 31.4 Å². The summed E-state index contributed by atoms with van der Waals surface area (Å²) in [6, 6.07) is 13.3. The first-order valence-electron chi connectivity index (χ1n) is 8.38. The first-order valence-corrected chi connectivity index (χ1v) is 10.6. The third-order valence-corrected chi connectivity index (χ3v) is 5.76. The minimum Gasteiger partial charge on any atom is -0.301 e. The number of thiazole rings is 1. The van der Waals surface area contributed by atoms with Gasteiger partial charge in [0.1, 0.15) is 12.1 Å². The van der Waals surface area contributed by atoms with E-state index in [1.54, 1.807) is 35.2 Å². The molecule has 0 saturated carbocycles. The summed E-state index contributed by atoms with van der Waals surface area (Å²) < 4.78 is 14.8. The van der Waals surface area contributed by atoms with Gasteiger partial charge in [0.05, 0.1) is 17.1 Å². The van der Waals surface area contributed by atoms with Gasteiger partial charge in [0, 0.05) is 16.0 Å². The van der Waals surface area contributed by atoms with E-state index in [1.807, 2.05) is 17.5 Å². The molecule has 2 aromatic carbocycles. The van der Waals surface area contributed by atoms with Gasteiger partial charge < -0.3 is 5.32 Å². The molecule has 1 amide bonds. The predicted molar refractivity (Wildman–Crippen MR) is 113 cm³/mol. The molecule has 0 aliphatic heterocycles. The summed E-state index contributed by atoms with van der Waals surface area (Å²) >= 11 is 8.60. The van der Waals surface area contributed by atoms with Crippen LogP contribution in [0.5, 0.6) is 0 Å². The number of thioether (sulfide) groups is 1. The maximum Gasteiger partial charge on any atom is 0.236 e. The van der Waals surface area contributed by atoms with Crippen LogP contribution in [0, 0.1) is 5.82 Å². The van der Waals surface area contributed by atoms with Crippen LogP contribution in [0.15, 0.2) is 65.4 Å². The number of benzene rings is 2. The molecule has 29 heavy (non-hydrogen) atoms. The maximum atomic E-state index is 13.0. The molecule has 10 heteroatoms. The molecule has 0 radical (unpaired) electrons. The quantitative estimate of drug-likeness (QED) is 0.427. The molecular formula is C19H13ClFN5OS2. The molecule has 4 aromatic rings. The largest absolute Gasteiger partial charge is 0.301 e. The van der Waals surface area contributed by atoms with Gasteiger partial charge in [0.2, 0.25) is 5.91 Å². The third-order valence-electron chi connectivity index (χ3n) is 3.83. The van der Waals surface area contributed by atoms with E-state index in [1.165, 1.54) is 35.2 Å². The molecule has 0 bridgehead atoms. The summed E-state index contributed by atoms with van der Waals surface area (Å²) in [7, 11) is 0. The average molecular weight is 446 g/mol. The molecule has 0 saturated heterocycles. The Morgan fingerprint density at radius 3 is 2.86 bits per heavy atom. The molecule has 0 aliphatic rings. The van der Waals surface area contributed by atoms with Gasteiger partial charge in [-0.1, -0.05) is 29.4 Å². The number of nitrogens with zero attached hydrogens (tertiary/aromatic N) is 4. The summed E-state index contributed by atoms with van der Waals surface area (Å²) in [5, 5.41) is 14.2. The Kier molecular flexibility index (Phi) is 5.89. The number of aromatic nitrogens is 4. The minimum absolute atomic E-state index is 0.144. The summed E-state index contributed by atoms with van der Waals surface area (Å²) in [5.41, 5.74) is 2.28. The van der Waals surface area contributed by atoms with Crippen molar-refractivity contribution in [2.24, 2.45) is 0 Å². The molecule has 2 aromatic heterocycles. The lowest BCUT2D eigenvalue weighted by Gasteiger charge is -2.06. The van der Waals surface area contributed by atoms with E-state index in [2.05, 4.69) is 20.5 Å². The molecule has 0 aliphatic carbocycles. The van der Waals surface area contributed by atoms with Crippen molar-refractivity contribution in [3.05, 3.63) is 71.1 Å². The molecule has 1 N–H and O–H groups in total. The van der Waals surface area contributed by atoms with Crippen molar-refractivity contribution in [2.75, 3.05) is 11.1 Å². The number of halogens is 2. The van der Waals surface area contributed by atoms with Crippen LogP contribution in [0.2, 0.25) is 5.02 Å². The van der Waals surface area contributed by atoms with Crippen molar-refractivity contribution in [1.29, 1.82) is 0 Å². The van der Waals surface area contributed by atoms with Gasteiger partial charge in [-0.25, -0.2) is 9.37 Å². The van der Waals surface area contributed by atoms with Crippen LogP contribution >= 0.6 is 34.7 Å². The molecule has 2 heterocycles. The van der Waals surface area contributed by atoms with Gasteiger partial charge in [-0.3, -0.25) is 9.36 Å². The van der Waals surface area contributed by atoms with Crippen LogP contribution in [0.4, 0.5) is 9.52 Å². The zero-order valence-corrected chi connectivity index (χ0v) is 17.1. The van der Waals surface area contributed by atoms with E-state index < -0.39 is 0 Å². The standard InChI is InChI=1S/C19H13ClFN5OS2/c20-13-2-1-3-15(8-13)26-11-22-25-19(26)29-10-17(27)24-18-23-16(9-28-18)12-4-6-14(21)7-5-12/h1-9,11H,10H2,(H,23,24,27). The van der Waals surface area contributed by atoms with E-state index >= 15 is 0 Å². The fourth-order valence-electron chi connectivity index (χ4n) is 2.50. The Morgan fingerprint density at radius 1 is 1.24 bits per heavy atom. The molecule has 0 unspecified atom stereocenters. The zero-order valence-electron chi connectivity index (χ0n) is 14.8. The molecule has 4 rings (SSSR count). The highest BCUT2D eigenvalue weighted by Gasteiger charge is 2.12. The van der Waals surface area contributed by atoms with Gasteiger partial charge in [-0.2, -0.15) is 0 Å². The number of amides is 1. The first-order chi connectivity index (χ1) is 14.1. The number of carbonyl (C=O) groups excluding carboxylic acids is 1. The lowest BCUT2D eigenvalue weighted by atomic mass is 10.2. The number of hydrogen-bond donors (Lipinski definition) is 1. The third kappa shape index (κ3) is 4.81. The van der Waals surface area contributed by atoms with Crippen molar-refractivity contribution in [3.8, 4) is 16.9 Å². The summed E-state index contributed by atoms with van der Waals surface area (Å²) in [4.78, 5) is 16.7. The van der Waals surface area contributed by atoms with Gasteiger partial charge >= 0.3 is 0 Å².